The zero-order valence-electron chi connectivity index (χ0n) is 13.1. The molecule has 1 aliphatic rings. The molecule has 1 saturated carbocycles. The van der Waals surface area contributed by atoms with Crippen LogP contribution in [-0.4, -0.2) is 27.5 Å². The second kappa shape index (κ2) is 7.24. The summed E-state index contributed by atoms with van der Waals surface area (Å²) in [5, 5.41) is 0. The van der Waals surface area contributed by atoms with E-state index in [1.807, 2.05) is 0 Å². The predicted molar refractivity (Wildman–Crippen MR) is 84.3 cm³/mol. The normalized spacial score (nSPS) is 17.0. The zero-order chi connectivity index (χ0) is 16.2. The van der Waals surface area contributed by atoms with Crippen molar-refractivity contribution in [3.8, 4) is 0 Å². The maximum absolute atomic E-state index is 12.5. The Morgan fingerprint density at radius 2 is 1.82 bits per heavy atom. The summed E-state index contributed by atoms with van der Waals surface area (Å²) >= 11 is 0. The number of sulfonamides is 1. The van der Waals surface area contributed by atoms with Crippen molar-refractivity contribution in [1.29, 1.82) is 0 Å². The van der Waals surface area contributed by atoms with E-state index in [1.165, 1.54) is 19.2 Å². The van der Waals surface area contributed by atoms with E-state index in [-0.39, 0.29) is 16.5 Å². The molecule has 122 valence electrons. The highest BCUT2D eigenvalue weighted by Gasteiger charge is 2.22. The van der Waals surface area contributed by atoms with E-state index in [0.29, 0.717) is 5.56 Å². The minimum Gasteiger partial charge on any atom is -0.465 e. The number of hydrogen-bond acceptors (Lipinski definition) is 4. The highest BCUT2D eigenvalue weighted by molar-refractivity contribution is 7.89. The van der Waals surface area contributed by atoms with Crippen LogP contribution in [0.1, 0.15) is 54.4 Å². The summed E-state index contributed by atoms with van der Waals surface area (Å²) in [7, 11) is -2.33. The number of aryl methyl sites for hydroxylation is 1. The SMILES string of the molecule is COC(=O)c1cc(S(=O)(=O)NC2CCCCCC2)ccc1C. The van der Waals surface area contributed by atoms with Crippen molar-refractivity contribution in [1.82, 2.24) is 4.72 Å². The molecule has 0 aliphatic heterocycles. The van der Waals surface area contributed by atoms with Crippen molar-refractivity contribution in [2.75, 3.05) is 7.11 Å². The predicted octanol–water partition coefficient (Wildman–Crippen LogP) is 2.78. The molecular formula is C16H23NO4S. The summed E-state index contributed by atoms with van der Waals surface area (Å²) in [5.41, 5.74) is 0.978. The van der Waals surface area contributed by atoms with Crippen molar-refractivity contribution in [2.45, 2.75) is 56.4 Å². The summed E-state index contributed by atoms with van der Waals surface area (Å²) in [6.07, 6.45) is 6.16. The first-order valence-electron chi connectivity index (χ1n) is 7.65. The first-order valence-corrected chi connectivity index (χ1v) is 9.13. The van der Waals surface area contributed by atoms with Gasteiger partial charge in [0.15, 0.2) is 0 Å². The molecule has 22 heavy (non-hydrogen) atoms. The Labute approximate surface area is 132 Å². The summed E-state index contributed by atoms with van der Waals surface area (Å²) < 4.78 is 32.5. The van der Waals surface area contributed by atoms with E-state index in [1.54, 1.807) is 13.0 Å². The van der Waals surface area contributed by atoms with Gasteiger partial charge in [-0.15, -0.1) is 0 Å². The van der Waals surface area contributed by atoms with E-state index >= 15 is 0 Å². The van der Waals surface area contributed by atoms with Crippen molar-refractivity contribution in [2.24, 2.45) is 0 Å². The topological polar surface area (TPSA) is 72.5 Å². The molecule has 5 nitrogen and oxygen atoms in total. The van der Waals surface area contributed by atoms with Gasteiger partial charge in [0, 0.05) is 6.04 Å². The number of carbonyl (C=O) groups excluding carboxylic acids is 1. The third-order valence-corrected chi connectivity index (χ3v) is 5.62. The fourth-order valence-corrected chi connectivity index (χ4v) is 4.11. The first-order chi connectivity index (χ1) is 10.4. The smallest absolute Gasteiger partial charge is 0.338 e. The van der Waals surface area contributed by atoms with Crippen LogP contribution in [0.2, 0.25) is 0 Å². The monoisotopic (exact) mass is 325 g/mol. The standard InChI is InChI=1S/C16H23NO4S/c1-12-9-10-14(11-15(12)16(18)21-2)22(19,20)17-13-7-5-3-4-6-8-13/h9-11,13,17H,3-8H2,1-2H3. The Bertz CT molecular complexity index is 632. The number of esters is 1. The van der Waals surface area contributed by atoms with Crippen LogP contribution in [0.25, 0.3) is 0 Å². The summed E-state index contributed by atoms with van der Waals surface area (Å²) in [4.78, 5) is 11.8. The minimum atomic E-state index is -3.61. The van der Waals surface area contributed by atoms with Gasteiger partial charge in [-0.3, -0.25) is 0 Å². The molecule has 0 bridgehead atoms. The Balaban J connectivity index is 2.23. The van der Waals surface area contributed by atoms with Gasteiger partial charge in [0.25, 0.3) is 0 Å². The van der Waals surface area contributed by atoms with Crippen LogP contribution in [0.4, 0.5) is 0 Å². The number of carbonyl (C=O) groups is 1. The van der Waals surface area contributed by atoms with Crippen molar-refractivity contribution >= 4 is 16.0 Å². The average molecular weight is 325 g/mol. The Hall–Kier alpha value is -1.40. The lowest BCUT2D eigenvalue weighted by Crippen LogP contribution is -2.34. The van der Waals surface area contributed by atoms with Gasteiger partial charge in [-0.1, -0.05) is 31.7 Å². The Morgan fingerprint density at radius 1 is 1.18 bits per heavy atom. The van der Waals surface area contributed by atoms with Gasteiger partial charge in [0.05, 0.1) is 17.6 Å². The molecule has 0 atom stereocenters. The zero-order valence-corrected chi connectivity index (χ0v) is 13.9. The maximum atomic E-state index is 12.5. The quantitative estimate of drug-likeness (QED) is 0.682. The molecule has 1 N–H and O–H groups in total. The molecule has 0 spiro atoms. The van der Waals surface area contributed by atoms with Gasteiger partial charge < -0.3 is 4.74 Å². The molecule has 0 amide bonds. The largest absolute Gasteiger partial charge is 0.465 e. The molecule has 1 aliphatic carbocycles. The average Bonchev–Trinajstić information content (AvgIpc) is 2.74. The van der Waals surface area contributed by atoms with Crippen LogP contribution >= 0.6 is 0 Å². The second-order valence-corrected chi connectivity index (χ2v) is 7.49. The molecule has 0 unspecified atom stereocenters. The van der Waals surface area contributed by atoms with Crippen LogP contribution in [0.5, 0.6) is 0 Å². The molecule has 0 aromatic heterocycles. The number of nitrogens with one attached hydrogen (secondary N) is 1. The fraction of sp³-hybridized carbons (Fsp3) is 0.562. The molecule has 0 heterocycles. The molecule has 2 rings (SSSR count). The third-order valence-electron chi connectivity index (χ3n) is 4.10. The first kappa shape index (κ1) is 17.0. The van der Waals surface area contributed by atoms with E-state index in [4.69, 9.17) is 4.74 Å². The van der Waals surface area contributed by atoms with Crippen LogP contribution in [0, 0.1) is 6.92 Å². The van der Waals surface area contributed by atoms with Gasteiger partial charge in [-0.25, -0.2) is 17.9 Å². The van der Waals surface area contributed by atoms with Gasteiger partial charge >= 0.3 is 5.97 Å². The van der Waals surface area contributed by atoms with Gasteiger partial charge in [0.2, 0.25) is 10.0 Å². The Kier molecular flexibility index (Phi) is 5.58. The van der Waals surface area contributed by atoms with Crippen LogP contribution < -0.4 is 4.72 Å². The van der Waals surface area contributed by atoms with Gasteiger partial charge in [-0.05, 0) is 37.5 Å². The molecule has 1 fully saturated rings. The summed E-state index contributed by atoms with van der Waals surface area (Å²) in [6, 6.07) is 4.53. The highest BCUT2D eigenvalue weighted by atomic mass is 32.2. The maximum Gasteiger partial charge on any atom is 0.338 e. The van der Waals surface area contributed by atoms with Crippen LogP contribution in [0.3, 0.4) is 0 Å². The number of methoxy groups -OCH3 is 1. The lowest BCUT2D eigenvalue weighted by Gasteiger charge is -2.17. The van der Waals surface area contributed by atoms with E-state index < -0.39 is 16.0 Å². The molecule has 6 heteroatoms. The van der Waals surface area contributed by atoms with Crippen LogP contribution in [0.15, 0.2) is 23.1 Å². The van der Waals surface area contributed by atoms with E-state index in [2.05, 4.69) is 4.72 Å². The number of rotatable bonds is 4. The highest BCUT2D eigenvalue weighted by Crippen LogP contribution is 2.21. The summed E-state index contributed by atoms with van der Waals surface area (Å²) in [6.45, 7) is 1.75. The fourth-order valence-electron chi connectivity index (χ4n) is 2.78. The van der Waals surface area contributed by atoms with Crippen molar-refractivity contribution in [3.05, 3.63) is 29.3 Å². The minimum absolute atomic E-state index is 0.0182. The molecule has 1 aromatic carbocycles. The van der Waals surface area contributed by atoms with Gasteiger partial charge in [0.1, 0.15) is 0 Å². The molecular weight excluding hydrogens is 302 g/mol. The number of benzene rings is 1. The number of ether oxygens (including phenoxy) is 1. The van der Waals surface area contributed by atoms with E-state index in [9.17, 15) is 13.2 Å². The second-order valence-electron chi connectivity index (χ2n) is 5.78. The molecule has 0 radical (unpaired) electrons. The molecule has 0 saturated heterocycles. The molecule has 1 aromatic rings. The van der Waals surface area contributed by atoms with Crippen LogP contribution in [-0.2, 0) is 14.8 Å². The lowest BCUT2D eigenvalue weighted by molar-refractivity contribution is 0.0599. The van der Waals surface area contributed by atoms with Crippen molar-refractivity contribution in [3.63, 3.8) is 0 Å². The number of hydrogen-bond donors (Lipinski definition) is 1. The van der Waals surface area contributed by atoms with E-state index in [0.717, 1.165) is 38.5 Å². The van der Waals surface area contributed by atoms with Crippen molar-refractivity contribution < 1.29 is 17.9 Å². The summed E-state index contributed by atoms with van der Waals surface area (Å²) in [5.74, 6) is -0.524. The van der Waals surface area contributed by atoms with Gasteiger partial charge in [-0.2, -0.15) is 0 Å². The Morgan fingerprint density at radius 3 is 2.41 bits per heavy atom. The lowest BCUT2D eigenvalue weighted by atomic mass is 10.1. The third kappa shape index (κ3) is 4.08.